The smallest absolute Gasteiger partial charge is 0.323 e. The van der Waals surface area contributed by atoms with Gasteiger partial charge in [0.25, 0.3) is 0 Å². The van der Waals surface area contributed by atoms with Gasteiger partial charge in [-0.1, -0.05) is 5.10 Å². The number of rotatable bonds is 3. The number of tetrazole rings is 1. The first-order chi connectivity index (χ1) is 8.20. The third-order valence-electron chi connectivity index (χ3n) is 2.74. The molecule has 1 aliphatic heterocycles. The van der Waals surface area contributed by atoms with Crippen LogP contribution in [0.15, 0.2) is 0 Å². The molecule has 2 N–H and O–H groups in total. The molecule has 94 valence electrons. The zero-order valence-electron chi connectivity index (χ0n) is 9.55. The van der Waals surface area contributed by atoms with Crippen molar-refractivity contribution in [1.29, 1.82) is 0 Å². The Hall–Kier alpha value is -1.28. The van der Waals surface area contributed by atoms with Gasteiger partial charge in [0.05, 0.1) is 12.6 Å². The fraction of sp³-hybridized carbons (Fsp3) is 0.778. The first kappa shape index (κ1) is 12.2. The summed E-state index contributed by atoms with van der Waals surface area (Å²) >= 11 is 4.87. The highest BCUT2D eigenvalue weighted by Crippen LogP contribution is 2.20. The van der Waals surface area contributed by atoms with Gasteiger partial charge in [-0.2, -0.15) is 4.80 Å². The van der Waals surface area contributed by atoms with Crippen molar-refractivity contribution in [3.05, 3.63) is 4.77 Å². The average Bonchev–Trinajstić information content (AvgIpc) is 2.76. The predicted octanol–water partition coefficient (Wildman–Crippen LogP) is 0.192. The average molecular weight is 257 g/mol. The molecule has 0 amide bonds. The molecule has 2 heterocycles. The van der Waals surface area contributed by atoms with Gasteiger partial charge in [-0.05, 0) is 43.7 Å². The van der Waals surface area contributed by atoms with Gasteiger partial charge >= 0.3 is 5.97 Å². The van der Waals surface area contributed by atoms with Gasteiger partial charge in [0.2, 0.25) is 4.77 Å². The van der Waals surface area contributed by atoms with Crippen molar-refractivity contribution < 1.29 is 9.53 Å². The molecule has 1 fully saturated rings. The third kappa shape index (κ3) is 2.89. The molecule has 1 saturated heterocycles. The van der Waals surface area contributed by atoms with Crippen molar-refractivity contribution in [1.82, 2.24) is 25.5 Å². The molecule has 2 rings (SSSR count). The van der Waals surface area contributed by atoms with E-state index in [0.29, 0.717) is 17.8 Å². The number of piperidine rings is 1. The van der Waals surface area contributed by atoms with Crippen LogP contribution in [0.2, 0.25) is 0 Å². The van der Waals surface area contributed by atoms with Gasteiger partial charge in [-0.25, -0.2) is 0 Å². The molecule has 0 aliphatic carbocycles. The van der Waals surface area contributed by atoms with Gasteiger partial charge in [0.15, 0.2) is 0 Å². The molecule has 7 nitrogen and oxygen atoms in total. The van der Waals surface area contributed by atoms with Crippen LogP contribution in [-0.2, 0) is 9.53 Å². The summed E-state index contributed by atoms with van der Waals surface area (Å²) in [5, 5.41) is 13.6. The van der Waals surface area contributed by atoms with E-state index < -0.39 is 0 Å². The lowest BCUT2D eigenvalue weighted by Crippen LogP contribution is -2.45. The van der Waals surface area contributed by atoms with Crippen molar-refractivity contribution >= 4 is 18.2 Å². The Kier molecular flexibility index (Phi) is 3.85. The number of H-pyrrole nitrogens is 1. The number of carbonyl (C=O) groups excluding carboxylic acids is 1. The van der Waals surface area contributed by atoms with Crippen LogP contribution in [0.4, 0.5) is 0 Å². The Bertz CT molecular complexity index is 443. The molecular weight excluding hydrogens is 242 g/mol. The molecule has 1 aliphatic rings. The maximum Gasteiger partial charge on any atom is 0.323 e. The van der Waals surface area contributed by atoms with Crippen molar-refractivity contribution in [2.45, 2.75) is 31.8 Å². The lowest BCUT2D eigenvalue weighted by Gasteiger charge is -2.28. The van der Waals surface area contributed by atoms with Gasteiger partial charge in [-0.3, -0.25) is 9.89 Å². The van der Waals surface area contributed by atoms with Crippen LogP contribution in [0.1, 0.15) is 25.8 Å². The third-order valence-corrected chi connectivity index (χ3v) is 2.91. The zero-order valence-corrected chi connectivity index (χ0v) is 10.4. The summed E-state index contributed by atoms with van der Waals surface area (Å²) in [4.78, 5) is 13.2. The molecule has 0 spiro atoms. The number of aromatic nitrogens is 4. The second-order valence-electron chi connectivity index (χ2n) is 3.89. The van der Waals surface area contributed by atoms with Gasteiger partial charge < -0.3 is 10.1 Å². The van der Waals surface area contributed by atoms with E-state index in [1.807, 2.05) is 0 Å². The van der Waals surface area contributed by atoms with Crippen LogP contribution < -0.4 is 5.32 Å². The fourth-order valence-electron chi connectivity index (χ4n) is 1.94. The fourth-order valence-corrected chi connectivity index (χ4v) is 2.07. The largest absolute Gasteiger partial charge is 0.465 e. The number of esters is 1. The Morgan fingerprint density at radius 2 is 2.53 bits per heavy atom. The summed E-state index contributed by atoms with van der Waals surface area (Å²) in [5.41, 5.74) is 0. The summed E-state index contributed by atoms with van der Waals surface area (Å²) in [6, 6.07) is -0.172. The molecule has 0 radical (unpaired) electrons. The van der Waals surface area contributed by atoms with Crippen LogP contribution in [0.5, 0.6) is 0 Å². The molecule has 2 atom stereocenters. The number of ether oxygens (including phenoxy) is 1. The maximum atomic E-state index is 11.6. The summed E-state index contributed by atoms with van der Waals surface area (Å²) in [6.45, 7) is 2.94. The monoisotopic (exact) mass is 257 g/mol. The topological polar surface area (TPSA) is 84.8 Å². The molecule has 2 unspecified atom stereocenters. The van der Waals surface area contributed by atoms with Crippen LogP contribution in [0, 0.1) is 4.77 Å². The first-order valence-electron chi connectivity index (χ1n) is 5.62. The Labute approximate surface area is 104 Å². The van der Waals surface area contributed by atoms with Crippen molar-refractivity contribution in [3.8, 4) is 0 Å². The molecule has 1 aromatic heterocycles. The normalized spacial score (nSPS) is 24.5. The second kappa shape index (κ2) is 5.37. The van der Waals surface area contributed by atoms with Crippen molar-refractivity contribution in [3.63, 3.8) is 0 Å². The Morgan fingerprint density at radius 1 is 1.71 bits per heavy atom. The molecule has 0 saturated carbocycles. The van der Waals surface area contributed by atoms with Crippen molar-refractivity contribution in [2.75, 3.05) is 13.2 Å². The van der Waals surface area contributed by atoms with Crippen LogP contribution >= 0.6 is 12.2 Å². The van der Waals surface area contributed by atoms with Gasteiger partial charge in [0, 0.05) is 0 Å². The van der Waals surface area contributed by atoms with Gasteiger partial charge in [0.1, 0.15) is 6.04 Å². The molecule has 8 heteroatoms. The molecular formula is C9H15N5O2S. The first-order valence-corrected chi connectivity index (χ1v) is 6.03. The highest BCUT2D eigenvalue weighted by atomic mass is 32.1. The van der Waals surface area contributed by atoms with Crippen molar-refractivity contribution in [2.24, 2.45) is 0 Å². The number of hydrogen-bond acceptors (Lipinski definition) is 6. The maximum absolute atomic E-state index is 11.6. The Balaban J connectivity index is 2.02. The van der Waals surface area contributed by atoms with E-state index in [1.54, 1.807) is 11.7 Å². The number of nitrogens with one attached hydrogen (secondary N) is 2. The summed E-state index contributed by atoms with van der Waals surface area (Å²) in [6.07, 6.45) is 1.51. The summed E-state index contributed by atoms with van der Waals surface area (Å²) in [7, 11) is 0. The minimum atomic E-state index is -0.278. The van der Waals surface area contributed by atoms with E-state index in [-0.39, 0.29) is 18.1 Å². The highest BCUT2D eigenvalue weighted by Gasteiger charge is 2.29. The molecule has 1 aromatic rings. The van der Waals surface area contributed by atoms with E-state index in [9.17, 15) is 4.79 Å². The molecule has 0 aromatic carbocycles. The SMILES string of the molecule is CCOC(=O)C1CC(n2nnc(=S)[nH]2)CCN1. The van der Waals surface area contributed by atoms with Crippen LogP contribution in [0.3, 0.4) is 0 Å². The minimum Gasteiger partial charge on any atom is -0.465 e. The second-order valence-corrected chi connectivity index (χ2v) is 4.27. The number of carbonyl (C=O) groups is 1. The lowest BCUT2D eigenvalue weighted by atomic mass is 10.00. The minimum absolute atomic E-state index is 0.106. The zero-order chi connectivity index (χ0) is 12.3. The van der Waals surface area contributed by atoms with E-state index in [0.717, 1.165) is 13.0 Å². The van der Waals surface area contributed by atoms with E-state index in [2.05, 4.69) is 20.7 Å². The van der Waals surface area contributed by atoms with E-state index in [1.165, 1.54) is 0 Å². The molecule has 0 bridgehead atoms. The summed E-state index contributed by atoms with van der Waals surface area (Å²) in [5.74, 6) is -0.212. The van der Waals surface area contributed by atoms with E-state index in [4.69, 9.17) is 17.0 Å². The predicted molar refractivity (Wildman–Crippen MR) is 61.9 cm³/mol. The standard InChI is InChI=1S/C9H15N5O2S/c1-2-16-8(15)7-5-6(3-4-10-7)14-12-9(17)11-13-14/h6-7,10H,2-5H2,1H3,(H,12,17). The number of hydrogen-bond donors (Lipinski definition) is 2. The molecule has 17 heavy (non-hydrogen) atoms. The highest BCUT2D eigenvalue weighted by molar-refractivity contribution is 7.71. The van der Waals surface area contributed by atoms with Crippen LogP contribution in [-0.4, -0.2) is 45.4 Å². The van der Waals surface area contributed by atoms with Gasteiger partial charge in [-0.15, -0.1) is 0 Å². The van der Waals surface area contributed by atoms with Crippen LogP contribution in [0.25, 0.3) is 0 Å². The number of aromatic amines is 1. The summed E-state index contributed by atoms with van der Waals surface area (Å²) < 4.78 is 5.35. The lowest BCUT2D eigenvalue weighted by molar-refractivity contribution is -0.146. The number of nitrogens with zero attached hydrogens (tertiary/aromatic N) is 3. The van der Waals surface area contributed by atoms with E-state index >= 15 is 0 Å². The quantitative estimate of drug-likeness (QED) is 0.594. The Morgan fingerprint density at radius 3 is 3.18 bits per heavy atom.